The van der Waals surface area contributed by atoms with Crippen LogP contribution >= 0.6 is 0 Å². The molecule has 16 heavy (non-hydrogen) atoms. The van der Waals surface area contributed by atoms with Gasteiger partial charge in [0.2, 0.25) is 0 Å². The lowest BCUT2D eigenvalue weighted by Gasteiger charge is -2.07. The van der Waals surface area contributed by atoms with E-state index in [1.54, 1.807) is 9.36 Å². The van der Waals surface area contributed by atoms with Gasteiger partial charge in [0, 0.05) is 19.3 Å². The Kier molecular flexibility index (Phi) is 2.74. The second-order valence-electron chi connectivity index (χ2n) is 3.83. The van der Waals surface area contributed by atoms with Crippen molar-refractivity contribution in [1.29, 1.82) is 0 Å². The van der Waals surface area contributed by atoms with E-state index in [4.69, 9.17) is 0 Å². The molecule has 0 spiro atoms. The third-order valence-corrected chi connectivity index (χ3v) is 2.69. The summed E-state index contributed by atoms with van der Waals surface area (Å²) in [6.07, 6.45) is 1.89. The normalized spacial score (nSPS) is 13.0. The van der Waals surface area contributed by atoms with Crippen molar-refractivity contribution >= 4 is 0 Å². The van der Waals surface area contributed by atoms with Crippen LogP contribution in [0.1, 0.15) is 24.4 Å². The summed E-state index contributed by atoms with van der Waals surface area (Å²) in [5.74, 6) is 0.794. The standard InChI is InChI=1S/C10H16N6/c1-7(11-3)10-8(2)16(14-12-10)9-5-6-15(4)13-9/h5-7,11H,1-4H3. The molecule has 2 aromatic heterocycles. The summed E-state index contributed by atoms with van der Waals surface area (Å²) in [6.45, 7) is 4.05. The first-order chi connectivity index (χ1) is 7.63. The van der Waals surface area contributed by atoms with Gasteiger partial charge in [0.1, 0.15) is 5.69 Å². The molecule has 0 aromatic carbocycles. The fourth-order valence-electron chi connectivity index (χ4n) is 1.61. The lowest BCUT2D eigenvalue weighted by atomic mass is 10.2. The molecule has 0 aliphatic rings. The molecule has 0 amide bonds. The van der Waals surface area contributed by atoms with Crippen LogP contribution in [0.5, 0.6) is 0 Å². The van der Waals surface area contributed by atoms with Gasteiger partial charge in [-0.3, -0.25) is 4.68 Å². The molecule has 1 atom stereocenters. The summed E-state index contributed by atoms with van der Waals surface area (Å²) >= 11 is 0. The Morgan fingerprint density at radius 3 is 2.75 bits per heavy atom. The van der Waals surface area contributed by atoms with Crippen molar-refractivity contribution in [2.45, 2.75) is 19.9 Å². The number of hydrogen-bond donors (Lipinski definition) is 1. The predicted molar refractivity (Wildman–Crippen MR) is 60.3 cm³/mol. The zero-order valence-corrected chi connectivity index (χ0v) is 9.97. The Morgan fingerprint density at radius 1 is 1.44 bits per heavy atom. The minimum absolute atomic E-state index is 0.192. The Labute approximate surface area is 94.3 Å². The van der Waals surface area contributed by atoms with Gasteiger partial charge in [-0.1, -0.05) is 5.21 Å². The summed E-state index contributed by atoms with van der Waals surface area (Å²) in [5.41, 5.74) is 1.97. The molecule has 0 aliphatic carbocycles. The van der Waals surface area contributed by atoms with Crippen LogP contribution in [-0.4, -0.2) is 31.8 Å². The van der Waals surface area contributed by atoms with Crippen molar-refractivity contribution in [2.75, 3.05) is 7.05 Å². The van der Waals surface area contributed by atoms with Gasteiger partial charge in [0.05, 0.1) is 11.7 Å². The molecule has 2 heterocycles. The van der Waals surface area contributed by atoms with Crippen molar-refractivity contribution in [3.05, 3.63) is 23.7 Å². The van der Waals surface area contributed by atoms with Crippen LogP contribution in [0.2, 0.25) is 0 Å². The zero-order chi connectivity index (χ0) is 11.7. The third kappa shape index (κ3) is 1.71. The molecular weight excluding hydrogens is 204 g/mol. The van der Waals surface area contributed by atoms with Crippen LogP contribution in [0, 0.1) is 6.92 Å². The number of nitrogens with one attached hydrogen (secondary N) is 1. The molecule has 0 radical (unpaired) electrons. The highest BCUT2D eigenvalue weighted by Crippen LogP contribution is 2.15. The summed E-state index contributed by atoms with van der Waals surface area (Å²) in [4.78, 5) is 0. The van der Waals surface area contributed by atoms with Crippen molar-refractivity contribution in [1.82, 2.24) is 30.1 Å². The Morgan fingerprint density at radius 2 is 2.19 bits per heavy atom. The van der Waals surface area contributed by atoms with Crippen LogP contribution in [0.4, 0.5) is 0 Å². The topological polar surface area (TPSA) is 60.6 Å². The minimum atomic E-state index is 0.192. The molecule has 0 saturated carbocycles. The van der Waals surface area contributed by atoms with Crippen LogP contribution < -0.4 is 5.32 Å². The van der Waals surface area contributed by atoms with Gasteiger partial charge < -0.3 is 5.32 Å². The van der Waals surface area contributed by atoms with Gasteiger partial charge >= 0.3 is 0 Å². The summed E-state index contributed by atoms with van der Waals surface area (Å²) < 4.78 is 3.50. The number of rotatable bonds is 3. The second kappa shape index (κ2) is 4.05. The molecule has 1 N–H and O–H groups in total. The van der Waals surface area contributed by atoms with Crippen LogP contribution in [0.25, 0.3) is 5.82 Å². The quantitative estimate of drug-likeness (QED) is 0.822. The van der Waals surface area contributed by atoms with E-state index in [9.17, 15) is 0 Å². The largest absolute Gasteiger partial charge is 0.312 e. The molecule has 6 nitrogen and oxygen atoms in total. The smallest absolute Gasteiger partial charge is 0.177 e. The Balaban J connectivity index is 2.40. The first kappa shape index (κ1) is 10.8. The lowest BCUT2D eigenvalue weighted by molar-refractivity contribution is 0.627. The van der Waals surface area contributed by atoms with Crippen LogP contribution in [0.3, 0.4) is 0 Å². The average Bonchev–Trinajstić information content (AvgIpc) is 2.83. The Hall–Kier alpha value is -1.69. The number of hydrogen-bond acceptors (Lipinski definition) is 4. The van der Waals surface area contributed by atoms with E-state index >= 15 is 0 Å². The van der Waals surface area contributed by atoms with E-state index in [2.05, 4.69) is 27.7 Å². The molecule has 2 aromatic rings. The fraction of sp³-hybridized carbons (Fsp3) is 0.500. The highest BCUT2D eigenvalue weighted by molar-refractivity contribution is 5.24. The van der Waals surface area contributed by atoms with Gasteiger partial charge in [0.15, 0.2) is 5.82 Å². The van der Waals surface area contributed by atoms with Crippen LogP contribution in [0.15, 0.2) is 12.3 Å². The highest BCUT2D eigenvalue weighted by Gasteiger charge is 2.15. The first-order valence-corrected chi connectivity index (χ1v) is 5.23. The van der Waals surface area contributed by atoms with Crippen molar-refractivity contribution < 1.29 is 0 Å². The van der Waals surface area contributed by atoms with Crippen molar-refractivity contribution in [3.63, 3.8) is 0 Å². The lowest BCUT2D eigenvalue weighted by Crippen LogP contribution is -2.14. The van der Waals surface area contributed by atoms with E-state index in [0.29, 0.717) is 0 Å². The van der Waals surface area contributed by atoms with Crippen molar-refractivity contribution in [2.24, 2.45) is 7.05 Å². The molecule has 0 aliphatic heterocycles. The molecule has 0 bridgehead atoms. The molecule has 1 unspecified atom stereocenters. The SMILES string of the molecule is CNC(C)c1nnn(-c2ccn(C)n2)c1C. The minimum Gasteiger partial charge on any atom is -0.312 e. The van der Waals surface area contributed by atoms with Gasteiger partial charge in [-0.25, -0.2) is 0 Å². The average molecular weight is 220 g/mol. The summed E-state index contributed by atoms with van der Waals surface area (Å²) in [6, 6.07) is 2.10. The Bertz CT molecular complexity index is 483. The van der Waals surface area contributed by atoms with Gasteiger partial charge in [0.25, 0.3) is 0 Å². The van der Waals surface area contributed by atoms with E-state index < -0.39 is 0 Å². The molecule has 86 valence electrons. The summed E-state index contributed by atoms with van der Waals surface area (Å²) in [7, 11) is 3.79. The van der Waals surface area contributed by atoms with E-state index in [1.807, 2.05) is 33.3 Å². The maximum atomic E-state index is 4.30. The first-order valence-electron chi connectivity index (χ1n) is 5.23. The second-order valence-corrected chi connectivity index (χ2v) is 3.83. The monoisotopic (exact) mass is 220 g/mol. The fourth-order valence-corrected chi connectivity index (χ4v) is 1.61. The van der Waals surface area contributed by atoms with E-state index in [1.165, 1.54) is 0 Å². The molecule has 0 saturated heterocycles. The maximum Gasteiger partial charge on any atom is 0.177 e. The maximum absolute atomic E-state index is 4.30. The predicted octanol–water partition coefficient (Wildman–Crippen LogP) is 0.590. The summed E-state index contributed by atoms with van der Waals surface area (Å²) in [5, 5.41) is 15.7. The highest BCUT2D eigenvalue weighted by atomic mass is 15.5. The number of aromatic nitrogens is 5. The molecule has 0 fully saturated rings. The molecular formula is C10H16N6. The van der Waals surface area contributed by atoms with Gasteiger partial charge in [-0.15, -0.1) is 5.10 Å². The number of aryl methyl sites for hydroxylation is 1. The molecule has 6 heteroatoms. The van der Waals surface area contributed by atoms with Gasteiger partial charge in [-0.05, 0) is 20.9 Å². The van der Waals surface area contributed by atoms with Crippen LogP contribution in [-0.2, 0) is 7.05 Å². The third-order valence-electron chi connectivity index (χ3n) is 2.69. The van der Waals surface area contributed by atoms with Gasteiger partial charge in [-0.2, -0.15) is 9.78 Å². The van der Waals surface area contributed by atoms with E-state index in [-0.39, 0.29) is 6.04 Å². The number of nitrogens with zero attached hydrogens (tertiary/aromatic N) is 5. The molecule has 2 rings (SSSR count). The zero-order valence-electron chi connectivity index (χ0n) is 9.97. The van der Waals surface area contributed by atoms with Crippen molar-refractivity contribution in [3.8, 4) is 5.82 Å². The van der Waals surface area contributed by atoms with E-state index in [0.717, 1.165) is 17.2 Å².